The summed E-state index contributed by atoms with van der Waals surface area (Å²) < 4.78 is 5.42. The quantitative estimate of drug-likeness (QED) is 0.891. The normalized spacial score (nSPS) is 16.0. The molecule has 1 aliphatic rings. The van der Waals surface area contributed by atoms with Gasteiger partial charge in [0.2, 0.25) is 5.91 Å². The van der Waals surface area contributed by atoms with E-state index in [1.165, 1.54) is 0 Å². The molecule has 1 aromatic rings. The highest BCUT2D eigenvalue weighted by Crippen LogP contribution is 2.17. The first-order valence-corrected chi connectivity index (χ1v) is 7.36. The highest BCUT2D eigenvalue weighted by molar-refractivity contribution is 5.95. The van der Waals surface area contributed by atoms with Crippen LogP contribution >= 0.6 is 0 Å². The summed E-state index contributed by atoms with van der Waals surface area (Å²) >= 11 is 0. The van der Waals surface area contributed by atoms with E-state index in [2.05, 4.69) is 10.2 Å². The van der Waals surface area contributed by atoms with E-state index in [-0.39, 0.29) is 11.8 Å². The molecule has 0 atom stereocenters. The molecule has 0 bridgehead atoms. The topological polar surface area (TPSA) is 65.8 Å². The van der Waals surface area contributed by atoms with Crippen LogP contribution in [0.3, 0.4) is 0 Å². The lowest BCUT2D eigenvalue weighted by Crippen LogP contribution is -2.51. The fourth-order valence-corrected chi connectivity index (χ4v) is 2.58. The average molecular weight is 293 g/mol. The van der Waals surface area contributed by atoms with Gasteiger partial charge in [-0.1, -0.05) is 0 Å². The van der Waals surface area contributed by atoms with Crippen molar-refractivity contribution in [2.24, 2.45) is 0 Å². The lowest BCUT2D eigenvalue weighted by molar-refractivity contribution is -0.122. The Balaban J connectivity index is 1.87. The molecule has 0 aromatic carbocycles. The molecule has 2 amide bonds. The van der Waals surface area contributed by atoms with Crippen molar-refractivity contribution in [3.8, 4) is 0 Å². The number of likely N-dealkylation sites (N-methyl/N-ethyl adjacent to an activating group) is 1. The van der Waals surface area contributed by atoms with Gasteiger partial charge in [-0.25, -0.2) is 0 Å². The summed E-state index contributed by atoms with van der Waals surface area (Å²) in [6.07, 6.45) is 0. The van der Waals surface area contributed by atoms with Gasteiger partial charge in [0.25, 0.3) is 5.91 Å². The van der Waals surface area contributed by atoms with Gasteiger partial charge in [0.05, 0.1) is 12.1 Å². The van der Waals surface area contributed by atoms with Crippen LogP contribution in [0.5, 0.6) is 0 Å². The molecule has 21 heavy (non-hydrogen) atoms. The van der Waals surface area contributed by atoms with Gasteiger partial charge < -0.3 is 14.6 Å². The zero-order chi connectivity index (χ0) is 15.4. The van der Waals surface area contributed by atoms with Crippen LogP contribution in [0.2, 0.25) is 0 Å². The van der Waals surface area contributed by atoms with Crippen LogP contribution in [-0.4, -0.2) is 60.9 Å². The van der Waals surface area contributed by atoms with Crippen molar-refractivity contribution < 1.29 is 14.0 Å². The van der Waals surface area contributed by atoms with Crippen LogP contribution in [0, 0.1) is 13.8 Å². The Hall–Kier alpha value is -1.82. The van der Waals surface area contributed by atoms with Crippen molar-refractivity contribution in [2.45, 2.75) is 20.8 Å². The van der Waals surface area contributed by atoms with Gasteiger partial charge in [-0.05, 0) is 26.8 Å². The van der Waals surface area contributed by atoms with E-state index in [0.29, 0.717) is 37.5 Å². The number of carbonyl (C=O) groups is 2. The summed E-state index contributed by atoms with van der Waals surface area (Å²) in [6.45, 7) is 9.33. The van der Waals surface area contributed by atoms with E-state index in [4.69, 9.17) is 4.42 Å². The predicted octanol–water partition coefficient (Wildman–Crippen LogP) is 0.790. The number of nitrogens with zero attached hydrogens (tertiary/aromatic N) is 2. The zero-order valence-electron chi connectivity index (χ0n) is 12.9. The molecule has 0 saturated carbocycles. The molecule has 1 fully saturated rings. The summed E-state index contributed by atoms with van der Waals surface area (Å²) in [5.41, 5.74) is 0.643. The Morgan fingerprint density at radius 3 is 2.43 bits per heavy atom. The van der Waals surface area contributed by atoms with Gasteiger partial charge in [-0.15, -0.1) is 0 Å². The van der Waals surface area contributed by atoms with Crippen LogP contribution in [-0.2, 0) is 4.79 Å². The minimum atomic E-state index is 0.0157. The number of piperazine rings is 1. The van der Waals surface area contributed by atoms with E-state index >= 15 is 0 Å². The monoisotopic (exact) mass is 293 g/mol. The van der Waals surface area contributed by atoms with E-state index in [1.807, 2.05) is 25.7 Å². The van der Waals surface area contributed by atoms with Crippen LogP contribution in [0.1, 0.15) is 28.8 Å². The second kappa shape index (κ2) is 6.76. The summed E-state index contributed by atoms with van der Waals surface area (Å²) in [5.74, 6) is 1.48. The maximum Gasteiger partial charge on any atom is 0.257 e. The molecule has 1 N–H and O–H groups in total. The van der Waals surface area contributed by atoms with E-state index in [9.17, 15) is 9.59 Å². The summed E-state index contributed by atoms with van der Waals surface area (Å²) in [6, 6.07) is 1.79. The molecule has 1 aromatic heterocycles. The van der Waals surface area contributed by atoms with E-state index in [0.717, 1.165) is 18.8 Å². The third-order valence-corrected chi connectivity index (χ3v) is 3.67. The minimum Gasteiger partial charge on any atom is -0.466 e. The van der Waals surface area contributed by atoms with Crippen LogP contribution in [0.4, 0.5) is 0 Å². The third-order valence-electron chi connectivity index (χ3n) is 3.67. The largest absolute Gasteiger partial charge is 0.466 e. The van der Waals surface area contributed by atoms with Gasteiger partial charge in [0, 0.05) is 32.7 Å². The summed E-state index contributed by atoms with van der Waals surface area (Å²) in [7, 11) is 0. The number of hydrogen-bond donors (Lipinski definition) is 1. The molecular weight excluding hydrogens is 270 g/mol. The van der Waals surface area contributed by atoms with Crippen LogP contribution < -0.4 is 5.32 Å². The zero-order valence-corrected chi connectivity index (χ0v) is 12.9. The third kappa shape index (κ3) is 3.85. The Morgan fingerprint density at radius 1 is 1.24 bits per heavy atom. The van der Waals surface area contributed by atoms with E-state index in [1.54, 1.807) is 6.07 Å². The molecule has 2 rings (SSSR count). The molecule has 2 heterocycles. The SMILES string of the molecule is CCNC(=O)CN1CCN(C(=O)c2cc(C)oc2C)CC1. The van der Waals surface area contributed by atoms with Gasteiger partial charge in [0.1, 0.15) is 11.5 Å². The maximum atomic E-state index is 12.4. The Labute approximate surface area is 125 Å². The first kappa shape index (κ1) is 15.6. The lowest BCUT2D eigenvalue weighted by Gasteiger charge is -2.34. The smallest absolute Gasteiger partial charge is 0.257 e. The molecule has 0 unspecified atom stereocenters. The number of aryl methyl sites for hydroxylation is 2. The molecule has 0 aliphatic carbocycles. The van der Waals surface area contributed by atoms with Crippen molar-refractivity contribution in [3.63, 3.8) is 0 Å². The number of furan rings is 1. The molecule has 116 valence electrons. The minimum absolute atomic E-state index is 0.0157. The van der Waals surface area contributed by atoms with Crippen molar-refractivity contribution in [2.75, 3.05) is 39.3 Å². The first-order valence-electron chi connectivity index (χ1n) is 7.36. The van der Waals surface area contributed by atoms with Gasteiger partial charge >= 0.3 is 0 Å². The molecule has 1 saturated heterocycles. The van der Waals surface area contributed by atoms with Gasteiger partial charge in [0.15, 0.2) is 0 Å². The van der Waals surface area contributed by atoms with Gasteiger partial charge in [-0.2, -0.15) is 0 Å². The number of hydrogen-bond acceptors (Lipinski definition) is 4. The first-order chi connectivity index (χ1) is 10.0. The molecule has 0 spiro atoms. The number of carbonyl (C=O) groups excluding carboxylic acids is 2. The van der Waals surface area contributed by atoms with Crippen molar-refractivity contribution in [1.29, 1.82) is 0 Å². The average Bonchev–Trinajstić information content (AvgIpc) is 2.78. The Kier molecular flexibility index (Phi) is 5.01. The fraction of sp³-hybridized carbons (Fsp3) is 0.600. The highest BCUT2D eigenvalue weighted by Gasteiger charge is 2.25. The van der Waals surface area contributed by atoms with Crippen molar-refractivity contribution >= 4 is 11.8 Å². The van der Waals surface area contributed by atoms with Crippen LogP contribution in [0.15, 0.2) is 10.5 Å². The summed E-state index contributed by atoms with van der Waals surface area (Å²) in [5, 5.41) is 2.79. The Bertz CT molecular complexity index is 516. The van der Waals surface area contributed by atoms with Crippen LogP contribution in [0.25, 0.3) is 0 Å². The van der Waals surface area contributed by atoms with Crippen molar-refractivity contribution in [1.82, 2.24) is 15.1 Å². The number of rotatable bonds is 4. The molecule has 6 heteroatoms. The standard InChI is InChI=1S/C15H23N3O3/c1-4-16-14(19)10-17-5-7-18(8-6-17)15(20)13-9-11(2)21-12(13)3/h9H,4-8,10H2,1-3H3,(H,16,19). The maximum absolute atomic E-state index is 12.4. The number of amides is 2. The van der Waals surface area contributed by atoms with Crippen molar-refractivity contribution in [3.05, 3.63) is 23.2 Å². The lowest BCUT2D eigenvalue weighted by atomic mass is 10.2. The Morgan fingerprint density at radius 2 is 1.90 bits per heavy atom. The second-order valence-corrected chi connectivity index (χ2v) is 5.35. The highest BCUT2D eigenvalue weighted by atomic mass is 16.3. The van der Waals surface area contributed by atoms with Gasteiger partial charge in [-0.3, -0.25) is 14.5 Å². The molecule has 1 aliphatic heterocycles. The second-order valence-electron chi connectivity index (χ2n) is 5.35. The fourth-order valence-electron chi connectivity index (χ4n) is 2.58. The number of nitrogens with one attached hydrogen (secondary N) is 1. The van der Waals surface area contributed by atoms with E-state index < -0.39 is 0 Å². The molecular formula is C15H23N3O3. The molecule has 6 nitrogen and oxygen atoms in total. The molecule has 0 radical (unpaired) electrons. The summed E-state index contributed by atoms with van der Waals surface area (Å²) in [4.78, 5) is 27.9. The predicted molar refractivity (Wildman–Crippen MR) is 79.2 cm³/mol.